The minimum absolute atomic E-state index is 0.201. The second-order valence-corrected chi connectivity index (χ2v) is 6.35. The van der Waals surface area contributed by atoms with Crippen molar-refractivity contribution < 1.29 is 9.59 Å². The third-order valence-corrected chi connectivity index (χ3v) is 4.32. The molecule has 1 amide bonds. The van der Waals surface area contributed by atoms with Crippen LogP contribution in [0.5, 0.6) is 0 Å². The van der Waals surface area contributed by atoms with Crippen LogP contribution in [0.1, 0.15) is 31.3 Å². The van der Waals surface area contributed by atoms with Gasteiger partial charge in [-0.05, 0) is 30.7 Å². The molecule has 0 bridgehead atoms. The zero-order valence-corrected chi connectivity index (χ0v) is 14.4. The molecule has 0 fully saturated rings. The van der Waals surface area contributed by atoms with Gasteiger partial charge in [-0.1, -0.05) is 48.0 Å². The van der Waals surface area contributed by atoms with Crippen molar-refractivity contribution in [1.82, 2.24) is 10.3 Å². The van der Waals surface area contributed by atoms with E-state index in [0.717, 1.165) is 11.1 Å². The normalized spacial score (nSPS) is 11.2. The number of nitrogens with one attached hydrogen (secondary N) is 1. The average molecular weight is 348 g/mol. The SMILES string of the molecule is Cc1ccc(C(=O)N/C(=C\c2ccccc2)C(=O)c2nccs2)cc1. The number of rotatable bonds is 5. The van der Waals surface area contributed by atoms with Crippen LogP contribution >= 0.6 is 11.3 Å². The molecule has 1 heterocycles. The lowest BCUT2D eigenvalue weighted by Crippen LogP contribution is -2.27. The lowest BCUT2D eigenvalue weighted by atomic mass is 10.1. The number of nitrogens with zero attached hydrogens (tertiary/aromatic N) is 1. The fraction of sp³-hybridized carbons (Fsp3) is 0.0500. The van der Waals surface area contributed by atoms with Crippen LogP contribution in [0.3, 0.4) is 0 Å². The lowest BCUT2D eigenvalue weighted by Gasteiger charge is -2.09. The van der Waals surface area contributed by atoms with E-state index in [4.69, 9.17) is 0 Å². The van der Waals surface area contributed by atoms with E-state index in [1.165, 1.54) is 11.3 Å². The molecule has 4 nitrogen and oxygen atoms in total. The molecular formula is C20H16N2O2S. The fourth-order valence-electron chi connectivity index (χ4n) is 2.22. The molecule has 1 N–H and O–H groups in total. The monoisotopic (exact) mass is 348 g/mol. The zero-order chi connectivity index (χ0) is 17.6. The molecule has 25 heavy (non-hydrogen) atoms. The van der Waals surface area contributed by atoms with Crippen LogP contribution in [0.25, 0.3) is 6.08 Å². The summed E-state index contributed by atoms with van der Waals surface area (Å²) in [4.78, 5) is 29.3. The summed E-state index contributed by atoms with van der Waals surface area (Å²) >= 11 is 1.24. The Kier molecular flexibility index (Phi) is 5.16. The third kappa shape index (κ3) is 4.28. The summed E-state index contributed by atoms with van der Waals surface area (Å²) in [5, 5.41) is 4.80. The molecule has 0 aliphatic heterocycles. The fourth-order valence-corrected chi connectivity index (χ4v) is 2.81. The van der Waals surface area contributed by atoms with Crippen molar-refractivity contribution in [1.29, 1.82) is 0 Å². The van der Waals surface area contributed by atoms with Crippen LogP contribution in [0.15, 0.2) is 71.9 Å². The van der Waals surface area contributed by atoms with E-state index < -0.39 is 0 Å². The molecule has 1 aromatic heterocycles. The van der Waals surface area contributed by atoms with E-state index in [-0.39, 0.29) is 17.4 Å². The number of carbonyl (C=O) groups excluding carboxylic acids is 2. The number of aromatic nitrogens is 1. The quantitative estimate of drug-likeness (QED) is 0.558. The van der Waals surface area contributed by atoms with Gasteiger partial charge in [-0.25, -0.2) is 4.98 Å². The van der Waals surface area contributed by atoms with Gasteiger partial charge < -0.3 is 5.32 Å². The van der Waals surface area contributed by atoms with Crippen molar-refractivity contribution in [2.24, 2.45) is 0 Å². The van der Waals surface area contributed by atoms with Gasteiger partial charge in [0.1, 0.15) is 0 Å². The molecule has 0 radical (unpaired) electrons. The van der Waals surface area contributed by atoms with Gasteiger partial charge in [-0.15, -0.1) is 11.3 Å². The van der Waals surface area contributed by atoms with Gasteiger partial charge in [0.15, 0.2) is 5.01 Å². The summed E-state index contributed by atoms with van der Waals surface area (Å²) in [5.74, 6) is -0.633. The molecule has 2 aromatic carbocycles. The van der Waals surface area contributed by atoms with Gasteiger partial charge in [0.2, 0.25) is 5.78 Å². The second-order valence-electron chi connectivity index (χ2n) is 5.46. The maximum atomic E-state index is 12.7. The van der Waals surface area contributed by atoms with Gasteiger partial charge in [-0.3, -0.25) is 9.59 Å². The second kappa shape index (κ2) is 7.68. The minimum atomic E-state index is -0.327. The molecule has 0 saturated carbocycles. The van der Waals surface area contributed by atoms with E-state index in [9.17, 15) is 9.59 Å². The van der Waals surface area contributed by atoms with Gasteiger partial charge in [0, 0.05) is 17.1 Å². The Hall–Kier alpha value is -3.05. The number of aryl methyl sites for hydroxylation is 1. The first-order valence-electron chi connectivity index (χ1n) is 7.72. The first-order chi connectivity index (χ1) is 12.1. The highest BCUT2D eigenvalue weighted by molar-refractivity contribution is 7.11. The van der Waals surface area contributed by atoms with E-state index in [1.807, 2.05) is 49.4 Å². The summed E-state index contributed by atoms with van der Waals surface area (Å²) in [6.07, 6.45) is 3.23. The molecule has 0 atom stereocenters. The number of benzene rings is 2. The molecule has 0 unspecified atom stereocenters. The van der Waals surface area contributed by atoms with E-state index in [1.54, 1.807) is 29.8 Å². The minimum Gasteiger partial charge on any atom is -0.319 e. The van der Waals surface area contributed by atoms with Crippen molar-refractivity contribution in [3.63, 3.8) is 0 Å². The summed E-state index contributed by atoms with van der Waals surface area (Å²) < 4.78 is 0. The average Bonchev–Trinajstić information content (AvgIpc) is 3.16. The largest absolute Gasteiger partial charge is 0.319 e. The Balaban J connectivity index is 1.91. The number of thiazole rings is 1. The lowest BCUT2D eigenvalue weighted by molar-refractivity contribution is 0.0934. The molecule has 5 heteroatoms. The maximum absolute atomic E-state index is 12.7. The number of ketones is 1. The summed E-state index contributed by atoms with van der Waals surface area (Å²) in [6, 6.07) is 16.6. The third-order valence-electron chi connectivity index (χ3n) is 3.54. The smallest absolute Gasteiger partial charge is 0.255 e. The molecule has 0 aliphatic rings. The van der Waals surface area contributed by atoms with Crippen molar-refractivity contribution in [3.8, 4) is 0 Å². The standard InChI is InChI=1S/C20H16N2O2S/c1-14-7-9-16(10-8-14)19(24)22-17(13-15-5-3-2-4-6-15)18(23)20-21-11-12-25-20/h2-13H,1H3,(H,22,24)/b17-13-. The highest BCUT2D eigenvalue weighted by Gasteiger charge is 2.18. The van der Waals surface area contributed by atoms with Crippen LogP contribution in [0, 0.1) is 6.92 Å². The summed E-state index contributed by atoms with van der Waals surface area (Å²) in [6.45, 7) is 1.95. The molecule has 124 valence electrons. The molecular weight excluding hydrogens is 332 g/mol. The Morgan fingerprint density at radius 2 is 1.76 bits per heavy atom. The first kappa shape index (κ1) is 16.8. The zero-order valence-electron chi connectivity index (χ0n) is 13.6. The van der Waals surface area contributed by atoms with Crippen LogP contribution < -0.4 is 5.32 Å². The Labute approximate surface area is 149 Å². The van der Waals surface area contributed by atoms with Gasteiger partial charge in [0.25, 0.3) is 5.91 Å². The van der Waals surface area contributed by atoms with Crippen molar-refractivity contribution in [3.05, 3.63) is 93.6 Å². The van der Waals surface area contributed by atoms with Gasteiger partial charge in [-0.2, -0.15) is 0 Å². The predicted molar refractivity (Wildman–Crippen MR) is 99.5 cm³/mol. The maximum Gasteiger partial charge on any atom is 0.255 e. The van der Waals surface area contributed by atoms with E-state index >= 15 is 0 Å². The topological polar surface area (TPSA) is 59.1 Å². The van der Waals surface area contributed by atoms with E-state index in [0.29, 0.717) is 10.6 Å². The number of hydrogen-bond acceptors (Lipinski definition) is 4. The van der Waals surface area contributed by atoms with Crippen LogP contribution in [0.4, 0.5) is 0 Å². The number of Topliss-reactive ketones (excluding diaryl/α,β-unsaturated/α-hetero) is 1. The highest BCUT2D eigenvalue weighted by Crippen LogP contribution is 2.14. The van der Waals surface area contributed by atoms with Crippen LogP contribution in [-0.4, -0.2) is 16.7 Å². The van der Waals surface area contributed by atoms with Gasteiger partial charge >= 0.3 is 0 Å². The summed E-state index contributed by atoms with van der Waals surface area (Å²) in [7, 11) is 0. The number of hydrogen-bond donors (Lipinski definition) is 1. The summed E-state index contributed by atoms with van der Waals surface area (Å²) in [5.41, 5.74) is 2.59. The molecule has 3 aromatic rings. The number of allylic oxidation sites excluding steroid dienone is 1. The van der Waals surface area contributed by atoms with Crippen LogP contribution in [-0.2, 0) is 0 Å². The Morgan fingerprint density at radius 3 is 2.40 bits per heavy atom. The van der Waals surface area contributed by atoms with Crippen molar-refractivity contribution in [2.75, 3.05) is 0 Å². The molecule has 0 aliphatic carbocycles. The number of amides is 1. The Bertz CT molecular complexity index is 899. The number of carbonyl (C=O) groups is 2. The molecule has 3 rings (SSSR count). The Morgan fingerprint density at radius 1 is 1.04 bits per heavy atom. The molecule has 0 saturated heterocycles. The van der Waals surface area contributed by atoms with E-state index in [2.05, 4.69) is 10.3 Å². The predicted octanol–water partition coefficient (Wildman–Crippen LogP) is 4.11. The van der Waals surface area contributed by atoms with Crippen molar-refractivity contribution >= 4 is 29.1 Å². The van der Waals surface area contributed by atoms with Gasteiger partial charge in [0.05, 0.1) is 5.70 Å². The van der Waals surface area contributed by atoms with Crippen molar-refractivity contribution in [2.45, 2.75) is 6.92 Å². The first-order valence-corrected chi connectivity index (χ1v) is 8.60. The molecule has 0 spiro atoms. The highest BCUT2D eigenvalue weighted by atomic mass is 32.1. The van der Waals surface area contributed by atoms with Crippen LogP contribution in [0.2, 0.25) is 0 Å².